The van der Waals surface area contributed by atoms with E-state index in [1.165, 1.54) is 19.2 Å². The van der Waals surface area contributed by atoms with Crippen LogP contribution in [0.15, 0.2) is 18.2 Å². The highest BCUT2D eigenvalue weighted by atomic mass is 28.4. The van der Waals surface area contributed by atoms with Gasteiger partial charge in [-0.1, -0.05) is 6.42 Å². The minimum Gasteiger partial charge on any atom is -0.390 e. The largest absolute Gasteiger partial charge is 0.495 e. The average molecular weight is 276 g/mol. The highest BCUT2D eigenvalue weighted by Crippen LogP contribution is 2.14. The Morgan fingerprint density at radius 3 is 2.22 bits per heavy atom. The molecule has 0 unspecified atom stereocenters. The Labute approximate surface area is 106 Å². The molecule has 0 bridgehead atoms. The van der Waals surface area contributed by atoms with Crippen molar-refractivity contribution in [2.45, 2.75) is 31.7 Å². The second-order valence-electron chi connectivity index (χ2n) is 4.29. The standard InChI is InChI=1S/C12H18F2O3Si/c1-17-18(15,16)6-4-2-3-5-10-7-11(13)9-12(14)8-10/h7-9,15-16H,2-6H2,1H3. The van der Waals surface area contributed by atoms with Gasteiger partial charge in [0.05, 0.1) is 0 Å². The summed E-state index contributed by atoms with van der Waals surface area (Å²) in [6.07, 6.45) is 2.71. The van der Waals surface area contributed by atoms with Gasteiger partial charge in [0.2, 0.25) is 0 Å². The molecule has 6 heteroatoms. The van der Waals surface area contributed by atoms with Crippen LogP contribution in [0.2, 0.25) is 6.04 Å². The van der Waals surface area contributed by atoms with Crippen LogP contribution in [0.4, 0.5) is 8.78 Å². The van der Waals surface area contributed by atoms with Crippen molar-refractivity contribution in [3.63, 3.8) is 0 Å². The molecular weight excluding hydrogens is 258 g/mol. The van der Waals surface area contributed by atoms with Crippen LogP contribution in [0.1, 0.15) is 24.8 Å². The Morgan fingerprint density at radius 1 is 1.06 bits per heavy atom. The topological polar surface area (TPSA) is 49.7 Å². The number of halogens is 2. The van der Waals surface area contributed by atoms with Gasteiger partial charge >= 0.3 is 8.80 Å². The number of benzene rings is 1. The first-order valence-electron chi connectivity index (χ1n) is 5.88. The van der Waals surface area contributed by atoms with Crippen LogP contribution in [0.25, 0.3) is 0 Å². The SMILES string of the molecule is CO[Si](O)(O)CCCCCc1cc(F)cc(F)c1. The van der Waals surface area contributed by atoms with Gasteiger partial charge in [0, 0.05) is 19.2 Å². The van der Waals surface area contributed by atoms with E-state index in [0.29, 0.717) is 18.4 Å². The summed E-state index contributed by atoms with van der Waals surface area (Å²) in [7, 11) is -2.16. The second kappa shape index (κ2) is 6.94. The Kier molecular flexibility index (Phi) is 5.87. The van der Waals surface area contributed by atoms with Crippen molar-refractivity contribution < 1.29 is 22.8 Å². The molecule has 1 aromatic carbocycles. The molecule has 0 aliphatic heterocycles. The molecule has 0 heterocycles. The molecule has 18 heavy (non-hydrogen) atoms. The van der Waals surface area contributed by atoms with E-state index >= 15 is 0 Å². The number of aryl methyl sites for hydroxylation is 1. The van der Waals surface area contributed by atoms with Crippen LogP contribution in [-0.2, 0) is 10.8 Å². The minimum absolute atomic E-state index is 0.251. The Morgan fingerprint density at radius 2 is 1.67 bits per heavy atom. The lowest BCUT2D eigenvalue weighted by atomic mass is 10.1. The lowest BCUT2D eigenvalue weighted by molar-refractivity contribution is 0.183. The van der Waals surface area contributed by atoms with Crippen LogP contribution in [0.5, 0.6) is 0 Å². The highest BCUT2D eigenvalue weighted by molar-refractivity contribution is 6.57. The van der Waals surface area contributed by atoms with Crippen molar-refractivity contribution in [3.05, 3.63) is 35.4 Å². The van der Waals surface area contributed by atoms with Gasteiger partial charge < -0.3 is 14.0 Å². The molecule has 0 saturated carbocycles. The number of hydrogen-bond acceptors (Lipinski definition) is 3. The summed E-state index contributed by atoms with van der Waals surface area (Å²) in [4.78, 5) is 18.6. The van der Waals surface area contributed by atoms with Gasteiger partial charge in [-0.2, -0.15) is 0 Å². The van der Waals surface area contributed by atoms with Gasteiger partial charge in [-0.25, -0.2) is 8.78 Å². The van der Waals surface area contributed by atoms with E-state index in [1.54, 1.807) is 0 Å². The van der Waals surface area contributed by atoms with E-state index < -0.39 is 20.4 Å². The molecular formula is C12H18F2O3Si. The quantitative estimate of drug-likeness (QED) is 0.593. The van der Waals surface area contributed by atoms with Crippen LogP contribution < -0.4 is 0 Å². The van der Waals surface area contributed by atoms with E-state index in [0.717, 1.165) is 18.9 Å². The predicted octanol–water partition coefficient (Wildman–Crippen LogP) is 2.25. The van der Waals surface area contributed by atoms with E-state index in [4.69, 9.17) is 0 Å². The predicted molar refractivity (Wildman–Crippen MR) is 65.9 cm³/mol. The third kappa shape index (κ3) is 5.68. The maximum atomic E-state index is 12.9. The molecule has 0 aliphatic carbocycles. The fourth-order valence-corrected chi connectivity index (χ4v) is 2.63. The van der Waals surface area contributed by atoms with Crippen LogP contribution >= 0.6 is 0 Å². The maximum Gasteiger partial charge on any atom is 0.495 e. The summed E-state index contributed by atoms with van der Waals surface area (Å²) in [6, 6.07) is 3.73. The van der Waals surface area contributed by atoms with E-state index in [-0.39, 0.29) is 6.04 Å². The van der Waals surface area contributed by atoms with E-state index in [1.807, 2.05) is 0 Å². The van der Waals surface area contributed by atoms with Crippen molar-refractivity contribution in [2.24, 2.45) is 0 Å². The average Bonchev–Trinajstić information content (AvgIpc) is 2.27. The fourth-order valence-electron chi connectivity index (χ4n) is 1.72. The van der Waals surface area contributed by atoms with Gasteiger partial charge in [0.25, 0.3) is 0 Å². The molecule has 0 fully saturated rings. The number of hydrogen-bond donors (Lipinski definition) is 2. The third-order valence-corrected chi connectivity index (χ3v) is 4.38. The molecule has 1 rings (SSSR count). The normalized spacial score (nSPS) is 11.8. The van der Waals surface area contributed by atoms with Gasteiger partial charge in [0.15, 0.2) is 0 Å². The molecule has 0 atom stereocenters. The Hall–Kier alpha value is -0.823. The highest BCUT2D eigenvalue weighted by Gasteiger charge is 2.29. The first kappa shape index (κ1) is 15.2. The van der Waals surface area contributed by atoms with Crippen LogP contribution in [0.3, 0.4) is 0 Å². The third-order valence-electron chi connectivity index (χ3n) is 2.72. The molecule has 0 spiro atoms. The van der Waals surface area contributed by atoms with Gasteiger partial charge in [-0.15, -0.1) is 0 Å². The van der Waals surface area contributed by atoms with Crippen molar-refractivity contribution in [1.82, 2.24) is 0 Å². The summed E-state index contributed by atoms with van der Waals surface area (Å²) in [5.74, 6) is -1.14. The molecule has 1 aromatic rings. The summed E-state index contributed by atoms with van der Waals surface area (Å²) < 4.78 is 30.4. The first-order chi connectivity index (χ1) is 8.43. The molecule has 2 N–H and O–H groups in total. The summed E-state index contributed by atoms with van der Waals surface area (Å²) in [5, 5.41) is 0. The van der Waals surface area contributed by atoms with E-state index in [2.05, 4.69) is 4.43 Å². The number of unbranched alkanes of at least 4 members (excludes halogenated alkanes) is 2. The maximum absolute atomic E-state index is 12.9. The van der Waals surface area contributed by atoms with Crippen LogP contribution in [-0.4, -0.2) is 25.5 Å². The molecule has 102 valence electrons. The molecule has 0 aromatic heterocycles. The van der Waals surface area contributed by atoms with Gasteiger partial charge in [-0.3, -0.25) is 0 Å². The van der Waals surface area contributed by atoms with Crippen molar-refractivity contribution in [2.75, 3.05) is 7.11 Å². The summed E-state index contributed by atoms with van der Waals surface area (Å²) in [6.45, 7) is 0. The van der Waals surface area contributed by atoms with Crippen molar-refractivity contribution in [3.8, 4) is 0 Å². The van der Waals surface area contributed by atoms with Gasteiger partial charge in [0.1, 0.15) is 11.6 Å². The summed E-state index contributed by atoms with van der Waals surface area (Å²) >= 11 is 0. The molecule has 0 aliphatic rings. The minimum atomic E-state index is -3.44. The molecule has 0 amide bonds. The molecule has 3 nitrogen and oxygen atoms in total. The zero-order valence-electron chi connectivity index (χ0n) is 10.3. The monoisotopic (exact) mass is 276 g/mol. The smallest absolute Gasteiger partial charge is 0.390 e. The fraction of sp³-hybridized carbons (Fsp3) is 0.500. The Balaban J connectivity index is 2.26. The Bertz CT molecular complexity index is 365. The molecule has 0 radical (unpaired) electrons. The summed E-state index contributed by atoms with van der Waals surface area (Å²) in [5.41, 5.74) is 0.621. The van der Waals surface area contributed by atoms with Crippen molar-refractivity contribution >= 4 is 8.80 Å². The lowest BCUT2D eigenvalue weighted by Crippen LogP contribution is -2.37. The number of rotatable bonds is 7. The van der Waals surface area contributed by atoms with Crippen molar-refractivity contribution in [1.29, 1.82) is 0 Å². The lowest BCUT2D eigenvalue weighted by Gasteiger charge is -2.13. The second-order valence-corrected chi connectivity index (χ2v) is 6.68. The zero-order valence-corrected chi connectivity index (χ0v) is 11.3. The first-order valence-corrected chi connectivity index (χ1v) is 7.89. The zero-order chi connectivity index (χ0) is 13.6. The van der Waals surface area contributed by atoms with E-state index in [9.17, 15) is 18.4 Å². The molecule has 0 saturated heterocycles. The van der Waals surface area contributed by atoms with Gasteiger partial charge in [-0.05, 0) is 37.0 Å². The van der Waals surface area contributed by atoms with Crippen LogP contribution in [0, 0.1) is 11.6 Å².